The summed E-state index contributed by atoms with van der Waals surface area (Å²) in [5, 5.41) is 9.06. The third-order valence-corrected chi connectivity index (χ3v) is 4.32. The maximum atomic E-state index is 12.8. The summed E-state index contributed by atoms with van der Waals surface area (Å²) in [5.74, 6) is 1.83. The van der Waals surface area contributed by atoms with Crippen molar-refractivity contribution in [3.8, 4) is 17.4 Å². The van der Waals surface area contributed by atoms with Gasteiger partial charge >= 0.3 is 12.2 Å². The standard InChI is InChI=1S/C22H17F3N6O2/c1-14-27-19(31-11-3-10-26-31)13-20(28-14)33-18-8-6-16(7-9-18)29-21(32)30-17-5-2-4-15(12-17)22(23,24)25/h2-13H,1H3,(H2,29,30,32). The zero-order valence-corrected chi connectivity index (χ0v) is 17.2. The SMILES string of the molecule is Cc1nc(Oc2ccc(NC(=O)Nc3cccc(C(F)(F)F)c3)cc2)cc(-n2cccn2)n1. The molecule has 33 heavy (non-hydrogen) atoms. The molecule has 2 aromatic heterocycles. The first-order chi connectivity index (χ1) is 15.8. The summed E-state index contributed by atoms with van der Waals surface area (Å²) < 4.78 is 45.8. The number of hydrogen-bond donors (Lipinski definition) is 2. The van der Waals surface area contributed by atoms with Gasteiger partial charge in [0, 0.05) is 29.8 Å². The predicted molar refractivity (Wildman–Crippen MR) is 114 cm³/mol. The molecule has 2 N–H and O–H groups in total. The van der Waals surface area contributed by atoms with Gasteiger partial charge in [-0.05, 0) is 55.5 Å². The Bertz CT molecular complexity index is 1260. The molecule has 0 atom stereocenters. The van der Waals surface area contributed by atoms with Crippen LogP contribution in [0.4, 0.5) is 29.3 Å². The third kappa shape index (κ3) is 5.64. The Morgan fingerprint density at radius 3 is 2.42 bits per heavy atom. The van der Waals surface area contributed by atoms with E-state index in [1.165, 1.54) is 12.1 Å². The highest BCUT2D eigenvalue weighted by Gasteiger charge is 2.30. The average Bonchev–Trinajstić information content (AvgIpc) is 3.29. The van der Waals surface area contributed by atoms with Crippen LogP contribution in [-0.2, 0) is 6.18 Å². The Hall–Kier alpha value is -4.41. The van der Waals surface area contributed by atoms with E-state index in [-0.39, 0.29) is 5.69 Å². The van der Waals surface area contributed by atoms with Gasteiger partial charge in [-0.2, -0.15) is 23.3 Å². The topological polar surface area (TPSA) is 94.0 Å². The number of benzene rings is 2. The van der Waals surface area contributed by atoms with Gasteiger partial charge in [0.1, 0.15) is 11.6 Å². The van der Waals surface area contributed by atoms with E-state index in [0.29, 0.717) is 29.0 Å². The van der Waals surface area contributed by atoms with Crippen molar-refractivity contribution in [1.82, 2.24) is 19.7 Å². The lowest BCUT2D eigenvalue weighted by Crippen LogP contribution is -2.19. The quantitative estimate of drug-likeness (QED) is 0.420. The molecule has 0 aliphatic rings. The number of aryl methyl sites for hydroxylation is 1. The van der Waals surface area contributed by atoms with Crippen molar-refractivity contribution < 1.29 is 22.7 Å². The highest BCUT2D eigenvalue weighted by Crippen LogP contribution is 2.30. The van der Waals surface area contributed by atoms with Gasteiger partial charge in [-0.1, -0.05) is 6.07 Å². The van der Waals surface area contributed by atoms with E-state index in [1.54, 1.807) is 60.4 Å². The van der Waals surface area contributed by atoms with Crippen molar-refractivity contribution in [2.45, 2.75) is 13.1 Å². The van der Waals surface area contributed by atoms with Crippen LogP contribution in [0.5, 0.6) is 11.6 Å². The Balaban J connectivity index is 1.39. The predicted octanol–water partition coefficient (Wildman–Crippen LogP) is 5.43. The summed E-state index contributed by atoms with van der Waals surface area (Å²) in [5.41, 5.74) is -0.408. The minimum Gasteiger partial charge on any atom is -0.439 e. The van der Waals surface area contributed by atoms with Gasteiger partial charge in [0.25, 0.3) is 0 Å². The van der Waals surface area contributed by atoms with Gasteiger partial charge in [-0.15, -0.1) is 0 Å². The Morgan fingerprint density at radius 2 is 1.73 bits per heavy atom. The second-order valence-corrected chi connectivity index (χ2v) is 6.85. The molecule has 2 amide bonds. The largest absolute Gasteiger partial charge is 0.439 e. The number of nitrogens with one attached hydrogen (secondary N) is 2. The van der Waals surface area contributed by atoms with E-state index in [4.69, 9.17) is 4.74 Å². The normalized spacial score (nSPS) is 11.2. The lowest BCUT2D eigenvalue weighted by Gasteiger charge is -2.11. The molecule has 4 rings (SSSR count). The number of carbonyl (C=O) groups excluding carboxylic acids is 1. The Kier molecular flexibility index (Phi) is 5.94. The Labute approximate surface area is 186 Å². The highest BCUT2D eigenvalue weighted by molar-refractivity contribution is 5.99. The van der Waals surface area contributed by atoms with Crippen LogP contribution in [0, 0.1) is 6.92 Å². The molecule has 0 bridgehead atoms. The van der Waals surface area contributed by atoms with Gasteiger partial charge in [-0.3, -0.25) is 0 Å². The number of halogens is 3. The number of rotatable bonds is 5. The fraction of sp³-hybridized carbons (Fsp3) is 0.0909. The summed E-state index contributed by atoms with van der Waals surface area (Å²) >= 11 is 0. The van der Waals surface area contributed by atoms with E-state index >= 15 is 0 Å². The van der Waals surface area contributed by atoms with Crippen LogP contribution in [0.3, 0.4) is 0 Å². The summed E-state index contributed by atoms with van der Waals surface area (Å²) in [6, 6.07) is 13.5. The summed E-state index contributed by atoms with van der Waals surface area (Å²) in [6.45, 7) is 1.73. The number of anilines is 2. The summed E-state index contributed by atoms with van der Waals surface area (Å²) in [4.78, 5) is 20.7. The van der Waals surface area contributed by atoms with Gasteiger partial charge in [-0.25, -0.2) is 14.5 Å². The van der Waals surface area contributed by atoms with Gasteiger partial charge in [0.2, 0.25) is 5.88 Å². The van der Waals surface area contributed by atoms with Crippen molar-refractivity contribution in [2.75, 3.05) is 10.6 Å². The number of aromatic nitrogens is 4. The first kappa shape index (κ1) is 21.8. The maximum Gasteiger partial charge on any atom is 0.416 e. The van der Waals surface area contributed by atoms with E-state index in [9.17, 15) is 18.0 Å². The minimum absolute atomic E-state index is 0.0226. The van der Waals surface area contributed by atoms with E-state index in [1.807, 2.05) is 0 Å². The smallest absolute Gasteiger partial charge is 0.416 e. The summed E-state index contributed by atoms with van der Waals surface area (Å²) in [7, 11) is 0. The third-order valence-electron chi connectivity index (χ3n) is 4.32. The first-order valence-electron chi connectivity index (χ1n) is 9.65. The number of alkyl halides is 3. The molecule has 0 aliphatic carbocycles. The molecule has 8 nitrogen and oxygen atoms in total. The van der Waals surface area contributed by atoms with E-state index < -0.39 is 17.8 Å². The lowest BCUT2D eigenvalue weighted by molar-refractivity contribution is -0.137. The number of nitrogens with zero attached hydrogens (tertiary/aromatic N) is 4. The fourth-order valence-corrected chi connectivity index (χ4v) is 2.89. The molecule has 0 radical (unpaired) electrons. The van der Waals surface area contributed by atoms with Crippen molar-refractivity contribution in [3.05, 3.63) is 84.4 Å². The van der Waals surface area contributed by atoms with Crippen LogP contribution >= 0.6 is 0 Å². The highest BCUT2D eigenvalue weighted by atomic mass is 19.4. The van der Waals surface area contributed by atoms with E-state index in [0.717, 1.165) is 12.1 Å². The maximum absolute atomic E-state index is 12.8. The molecular formula is C22H17F3N6O2. The van der Waals surface area contributed by atoms with Gasteiger partial charge < -0.3 is 15.4 Å². The van der Waals surface area contributed by atoms with Crippen LogP contribution in [0.2, 0.25) is 0 Å². The van der Waals surface area contributed by atoms with Crippen LogP contribution in [0.25, 0.3) is 5.82 Å². The molecular weight excluding hydrogens is 437 g/mol. The molecule has 2 heterocycles. The number of hydrogen-bond acceptors (Lipinski definition) is 5. The van der Waals surface area contributed by atoms with Crippen molar-refractivity contribution in [2.24, 2.45) is 0 Å². The fourth-order valence-electron chi connectivity index (χ4n) is 2.89. The zero-order chi connectivity index (χ0) is 23.4. The Morgan fingerprint density at radius 1 is 0.970 bits per heavy atom. The molecule has 4 aromatic rings. The molecule has 0 unspecified atom stereocenters. The van der Waals surface area contributed by atoms with E-state index in [2.05, 4.69) is 25.7 Å². The number of amides is 2. The van der Waals surface area contributed by atoms with Crippen LogP contribution in [0.1, 0.15) is 11.4 Å². The second-order valence-electron chi connectivity index (χ2n) is 6.85. The zero-order valence-electron chi connectivity index (χ0n) is 17.2. The molecule has 0 saturated carbocycles. The van der Waals surface area contributed by atoms with Gasteiger partial charge in [0.15, 0.2) is 5.82 Å². The number of carbonyl (C=O) groups is 1. The molecule has 168 valence electrons. The van der Waals surface area contributed by atoms with Gasteiger partial charge in [0.05, 0.1) is 5.56 Å². The van der Waals surface area contributed by atoms with Crippen LogP contribution in [-0.4, -0.2) is 25.8 Å². The molecule has 0 spiro atoms. The van der Waals surface area contributed by atoms with Crippen LogP contribution < -0.4 is 15.4 Å². The number of urea groups is 1. The van der Waals surface area contributed by atoms with Crippen molar-refractivity contribution in [1.29, 1.82) is 0 Å². The molecule has 11 heteroatoms. The minimum atomic E-state index is -4.49. The molecule has 0 saturated heterocycles. The molecule has 0 fully saturated rings. The number of ether oxygens (including phenoxy) is 1. The first-order valence-corrected chi connectivity index (χ1v) is 9.65. The molecule has 0 aliphatic heterocycles. The molecule has 2 aromatic carbocycles. The van der Waals surface area contributed by atoms with Crippen molar-refractivity contribution in [3.63, 3.8) is 0 Å². The monoisotopic (exact) mass is 454 g/mol. The van der Waals surface area contributed by atoms with Crippen LogP contribution in [0.15, 0.2) is 73.1 Å². The summed E-state index contributed by atoms with van der Waals surface area (Å²) in [6.07, 6.45) is -1.12. The second kappa shape index (κ2) is 8.99. The van der Waals surface area contributed by atoms with Crippen molar-refractivity contribution >= 4 is 17.4 Å². The lowest BCUT2D eigenvalue weighted by atomic mass is 10.2. The average molecular weight is 454 g/mol.